The largest absolute Gasteiger partial charge is 0.406 e. The van der Waals surface area contributed by atoms with Crippen LogP contribution in [0.5, 0.6) is 0 Å². The molecule has 0 saturated carbocycles. The quantitative estimate of drug-likeness (QED) is 0.586. The highest BCUT2D eigenvalue weighted by Gasteiger charge is 2.38. The minimum atomic E-state index is -4.48. The molecule has 1 atom stereocenters. The third kappa shape index (κ3) is 6.18. The molecule has 1 aliphatic rings. The van der Waals surface area contributed by atoms with E-state index in [0.717, 1.165) is 9.37 Å². The Hall–Kier alpha value is -1.13. The maximum Gasteiger partial charge on any atom is 0.406 e. The molecule has 5 nitrogen and oxygen atoms in total. The zero-order chi connectivity index (χ0) is 20.9. The summed E-state index contributed by atoms with van der Waals surface area (Å²) >= 11 is 3.25. The van der Waals surface area contributed by atoms with Gasteiger partial charge in [-0.15, -0.1) is 0 Å². The Labute approximate surface area is 172 Å². The highest BCUT2D eigenvalue weighted by molar-refractivity contribution is 9.10. The summed E-state index contributed by atoms with van der Waals surface area (Å²) in [6.07, 6.45) is -2.54. The van der Waals surface area contributed by atoms with Gasteiger partial charge in [0.25, 0.3) is 0 Å². The molecule has 0 spiro atoms. The van der Waals surface area contributed by atoms with Crippen molar-refractivity contribution in [2.24, 2.45) is 5.92 Å². The van der Waals surface area contributed by atoms with Gasteiger partial charge < -0.3 is 4.90 Å². The number of sulfonamides is 1. The van der Waals surface area contributed by atoms with E-state index < -0.39 is 34.6 Å². The normalized spacial score (nSPS) is 18.8. The van der Waals surface area contributed by atoms with Crippen molar-refractivity contribution in [1.29, 1.82) is 0 Å². The fourth-order valence-electron chi connectivity index (χ4n) is 3.21. The number of hydrogen-bond acceptors (Lipinski definition) is 3. The van der Waals surface area contributed by atoms with Crippen molar-refractivity contribution in [3.05, 3.63) is 28.7 Å². The van der Waals surface area contributed by atoms with E-state index in [2.05, 4.69) is 15.9 Å². The van der Waals surface area contributed by atoms with Gasteiger partial charge in [-0.2, -0.15) is 17.5 Å². The fraction of sp³-hybridized carbons (Fsp3) is 0.611. The minimum absolute atomic E-state index is 0.0187. The second-order valence-corrected chi connectivity index (χ2v) is 9.74. The Morgan fingerprint density at radius 2 is 1.93 bits per heavy atom. The van der Waals surface area contributed by atoms with E-state index in [-0.39, 0.29) is 24.5 Å². The van der Waals surface area contributed by atoms with Gasteiger partial charge in [0, 0.05) is 24.1 Å². The standard InChI is InChI=1S/C18H24BrF3N2O3S/c1-2-3-10-23(13-18(20,21)22)17(25)14-5-4-11-24(12-14)28(26,27)16-8-6-15(19)7-9-16/h6-9,14H,2-5,10-13H2,1H3. The number of hydrogen-bond donors (Lipinski definition) is 0. The van der Waals surface area contributed by atoms with E-state index in [4.69, 9.17) is 0 Å². The minimum Gasteiger partial charge on any atom is -0.333 e. The summed E-state index contributed by atoms with van der Waals surface area (Å²) in [7, 11) is -3.80. The number of amides is 1. The van der Waals surface area contributed by atoms with Gasteiger partial charge in [-0.1, -0.05) is 29.3 Å². The first-order valence-corrected chi connectivity index (χ1v) is 11.4. The van der Waals surface area contributed by atoms with Crippen molar-refractivity contribution in [3.8, 4) is 0 Å². The molecule has 1 aromatic carbocycles. The molecule has 1 fully saturated rings. The second kappa shape index (κ2) is 9.58. The molecule has 0 aliphatic carbocycles. The van der Waals surface area contributed by atoms with Crippen molar-refractivity contribution in [3.63, 3.8) is 0 Å². The van der Waals surface area contributed by atoms with Crippen molar-refractivity contribution < 1.29 is 26.4 Å². The molecular formula is C18H24BrF3N2O3S. The number of benzene rings is 1. The van der Waals surface area contributed by atoms with Crippen LogP contribution in [0.1, 0.15) is 32.6 Å². The van der Waals surface area contributed by atoms with Crippen molar-refractivity contribution in [2.45, 2.75) is 43.7 Å². The molecule has 0 radical (unpaired) electrons. The van der Waals surface area contributed by atoms with E-state index in [9.17, 15) is 26.4 Å². The van der Waals surface area contributed by atoms with Gasteiger partial charge in [0.05, 0.1) is 10.8 Å². The van der Waals surface area contributed by atoms with E-state index in [1.165, 1.54) is 16.4 Å². The monoisotopic (exact) mass is 484 g/mol. The number of carbonyl (C=O) groups is 1. The van der Waals surface area contributed by atoms with Gasteiger partial charge in [0.15, 0.2) is 0 Å². The smallest absolute Gasteiger partial charge is 0.333 e. The first kappa shape index (κ1) is 23.2. The van der Waals surface area contributed by atoms with Crippen LogP contribution in [0.2, 0.25) is 0 Å². The molecule has 158 valence electrons. The summed E-state index contributed by atoms with van der Waals surface area (Å²) in [6, 6.07) is 6.13. The van der Waals surface area contributed by atoms with Gasteiger partial charge in [-0.25, -0.2) is 8.42 Å². The van der Waals surface area contributed by atoms with E-state index in [1.807, 2.05) is 6.92 Å². The first-order chi connectivity index (χ1) is 13.0. The van der Waals surface area contributed by atoms with Crippen LogP contribution >= 0.6 is 15.9 Å². The van der Waals surface area contributed by atoms with Crippen molar-refractivity contribution >= 4 is 31.9 Å². The molecule has 1 heterocycles. The van der Waals surface area contributed by atoms with Crippen LogP contribution in [-0.4, -0.2) is 55.9 Å². The summed E-state index contributed by atoms with van der Waals surface area (Å²) in [6.45, 7) is 0.699. The maximum absolute atomic E-state index is 12.9. The number of piperidine rings is 1. The summed E-state index contributed by atoms with van der Waals surface area (Å²) in [5.74, 6) is -1.39. The molecule has 10 heteroatoms. The van der Waals surface area contributed by atoms with Crippen LogP contribution in [0.4, 0.5) is 13.2 Å². The molecule has 1 saturated heterocycles. The van der Waals surface area contributed by atoms with Gasteiger partial charge in [0.2, 0.25) is 15.9 Å². The number of nitrogens with zero attached hydrogens (tertiary/aromatic N) is 2. The molecule has 1 aromatic rings. The lowest BCUT2D eigenvalue weighted by Crippen LogP contribution is -2.49. The van der Waals surface area contributed by atoms with E-state index >= 15 is 0 Å². The Kier molecular flexibility index (Phi) is 7.92. The number of rotatable bonds is 7. The number of halogens is 4. The highest BCUT2D eigenvalue weighted by atomic mass is 79.9. The molecular weight excluding hydrogens is 461 g/mol. The van der Waals surface area contributed by atoms with Gasteiger partial charge in [-0.3, -0.25) is 4.79 Å². The number of unbranched alkanes of at least 4 members (excludes halogenated alkanes) is 1. The lowest BCUT2D eigenvalue weighted by Gasteiger charge is -2.34. The van der Waals surface area contributed by atoms with E-state index in [0.29, 0.717) is 25.7 Å². The van der Waals surface area contributed by atoms with Crippen LogP contribution in [0.3, 0.4) is 0 Å². The molecule has 0 aromatic heterocycles. The molecule has 0 bridgehead atoms. The summed E-state index contributed by atoms with van der Waals surface area (Å²) < 4.78 is 66.3. The van der Waals surface area contributed by atoms with Gasteiger partial charge >= 0.3 is 6.18 Å². The molecule has 0 N–H and O–H groups in total. The number of carbonyl (C=O) groups excluding carboxylic acids is 1. The zero-order valence-electron chi connectivity index (χ0n) is 15.6. The van der Waals surface area contributed by atoms with Crippen molar-refractivity contribution in [2.75, 3.05) is 26.2 Å². The lowest BCUT2D eigenvalue weighted by molar-refractivity contribution is -0.164. The van der Waals surface area contributed by atoms with Crippen molar-refractivity contribution in [1.82, 2.24) is 9.21 Å². The molecule has 28 heavy (non-hydrogen) atoms. The lowest BCUT2D eigenvalue weighted by atomic mass is 9.98. The Morgan fingerprint density at radius 3 is 2.50 bits per heavy atom. The summed E-state index contributed by atoms with van der Waals surface area (Å²) in [5.41, 5.74) is 0. The highest BCUT2D eigenvalue weighted by Crippen LogP contribution is 2.27. The van der Waals surface area contributed by atoms with Gasteiger partial charge in [0.1, 0.15) is 6.54 Å². The number of alkyl halides is 3. The Balaban J connectivity index is 2.15. The van der Waals surface area contributed by atoms with Crippen LogP contribution < -0.4 is 0 Å². The zero-order valence-corrected chi connectivity index (χ0v) is 18.0. The first-order valence-electron chi connectivity index (χ1n) is 9.16. The van der Waals surface area contributed by atoms with Crippen LogP contribution in [0, 0.1) is 5.92 Å². The average Bonchev–Trinajstić information content (AvgIpc) is 2.64. The van der Waals surface area contributed by atoms with E-state index in [1.54, 1.807) is 12.1 Å². The second-order valence-electron chi connectivity index (χ2n) is 6.88. The molecule has 1 aliphatic heterocycles. The van der Waals surface area contributed by atoms with Crippen LogP contribution in [0.15, 0.2) is 33.6 Å². The third-order valence-electron chi connectivity index (χ3n) is 4.65. The maximum atomic E-state index is 12.9. The average molecular weight is 485 g/mol. The SMILES string of the molecule is CCCCN(CC(F)(F)F)C(=O)C1CCCN(S(=O)(=O)c2ccc(Br)cc2)C1. The van der Waals surface area contributed by atoms with Crippen LogP contribution in [0.25, 0.3) is 0 Å². The summed E-state index contributed by atoms with van der Waals surface area (Å²) in [5, 5.41) is 0. The topological polar surface area (TPSA) is 57.7 Å². The molecule has 2 rings (SSSR count). The van der Waals surface area contributed by atoms with Crippen LogP contribution in [-0.2, 0) is 14.8 Å². The fourth-order valence-corrected chi connectivity index (χ4v) is 5.00. The summed E-state index contributed by atoms with van der Waals surface area (Å²) in [4.78, 5) is 13.7. The Bertz CT molecular complexity index is 769. The third-order valence-corrected chi connectivity index (χ3v) is 7.06. The predicted molar refractivity (Wildman–Crippen MR) is 103 cm³/mol. The Morgan fingerprint density at radius 1 is 1.29 bits per heavy atom. The molecule has 1 unspecified atom stereocenters. The van der Waals surface area contributed by atoms with Gasteiger partial charge in [-0.05, 0) is 43.5 Å². The predicted octanol–water partition coefficient (Wildman–Crippen LogP) is 4.04. The molecule has 1 amide bonds.